The lowest BCUT2D eigenvalue weighted by atomic mass is 9.82. The smallest absolute Gasteiger partial charge is 0.309 e. The van der Waals surface area contributed by atoms with Gasteiger partial charge in [-0.05, 0) is 104 Å². The highest BCUT2D eigenvalue weighted by molar-refractivity contribution is 5.80. The highest BCUT2D eigenvalue weighted by atomic mass is 16.7. The number of nitrogens with zero attached hydrogens (tertiary/aromatic N) is 3. The van der Waals surface area contributed by atoms with Gasteiger partial charge in [0, 0.05) is 57.3 Å². The minimum atomic E-state index is -1.43. The number of carbonyl (C=O) groups excluding carboxylic acids is 4. The number of pyridine rings is 1. The fourth-order valence-corrected chi connectivity index (χ4v) is 10.7. The zero-order valence-corrected chi connectivity index (χ0v) is 46.1. The van der Waals surface area contributed by atoms with Gasteiger partial charge in [-0.3, -0.25) is 19.4 Å². The number of fused-ring (bicyclic) bond motifs is 1. The molecule has 4 heterocycles. The highest BCUT2D eigenvalue weighted by Gasteiger charge is 2.54. The van der Waals surface area contributed by atoms with E-state index in [1.165, 1.54) is 7.11 Å². The number of benzene rings is 1. The number of hydrogen-bond acceptors (Lipinski definition) is 19. The molecule has 3 aliphatic rings. The lowest BCUT2D eigenvalue weighted by Crippen LogP contribution is -2.66. The van der Waals surface area contributed by atoms with E-state index in [-0.39, 0.29) is 38.0 Å². The van der Waals surface area contributed by atoms with Crippen LogP contribution in [0.3, 0.4) is 0 Å². The van der Waals surface area contributed by atoms with E-state index in [1.807, 2.05) is 68.3 Å². The van der Waals surface area contributed by atoms with E-state index in [4.69, 9.17) is 42.6 Å². The zero-order chi connectivity index (χ0) is 55.0. The van der Waals surface area contributed by atoms with Crippen LogP contribution in [0.15, 0.2) is 42.6 Å². The molecular weight excluding hydrogens is 971 g/mol. The summed E-state index contributed by atoms with van der Waals surface area (Å²) >= 11 is 0. The van der Waals surface area contributed by atoms with Gasteiger partial charge in [0.2, 0.25) is 0 Å². The van der Waals surface area contributed by atoms with Crippen LogP contribution in [0, 0.1) is 11.8 Å². The number of ether oxygens (including phenoxy) is 9. The van der Waals surface area contributed by atoms with Gasteiger partial charge < -0.3 is 72.5 Å². The SMILES string of the molecule is CCCC(O)O[C@H]1C(C)O[C@@H](O[C@@H]2C(C)O[C@@H](O[C@H]3[C@@H](CC=O)C[C@@H](C)[C@@H](O)CN(C)CCC[C@H](C/C=C/c4cnc5ccccc5c4)OC(=O)C[C@@H](OC(=O)CC)[C@@H]3OC)C(O)C2N(C)C)CC1(C)OC(=O)CC. The van der Waals surface area contributed by atoms with E-state index in [9.17, 15) is 34.5 Å². The number of para-hydroxylation sites is 1. The Labute approximate surface area is 443 Å². The Balaban J connectivity index is 1.45. The fraction of sp³-hybridized carbons (Fsp3) is 0.732. The second-order valence-corrected chi connectivity index (χ2v) is 21.1. The second-order valence-electron chi connectivity index (χ2n) is 21.1. The quantitative estimate of drug-likeness (QED) is 0.0658. The van der Waals surface area contributed by atoms with E-state index in [0.29, 0.717) is 45.2 Å². The molecule has 0 bridgehead atoms. The molecule has 3 aliphatic heterocycles. The van der Waals surface area contributed by atoms with E-state index in [1.54, 1.807) is 59.8 Å². The van der Waals surface area contributed by atoms with Gasteiger partial charge in [0.05, 0.1) is 42.4 Å². The van der Waals surface area contributed by atoms with Crippen LogP contribution in [-0.4, -0.2) is 187 Å². The van der Waals surface area contributed by atoms with Gasteiger partial charge in [-0.2, -0.15) is 0 Å². The Morgan fingerprint density at radius 3 is 2.41 bits per heavy atom. The summed E-state index contributed by atoms with van der Waals surface area (Å²) in [4.78, 5) is 61.4. The summed E-state index contributed by atoms with van der Waals surface area (Å²) in [6.07, 6.45) is -4.39. The van der Waals surface area contributed by atoms with Crippen molar-refractivity contribution in [1.29, 1.82) is 0 Å². The van der Waals surface area contributed by atoms with Gasteiger partial charge in [0.15, 0.2) is 18.9 Å². The number of aromatic nitrogens is 1. The number of methoxy groups -OCH3 is 1. The third-order valence-corrected chi connectivity index (χ3v) is 14.7. The van der Waals surface area contributed by atoms with Crippen molar-refractivity contribution in [2.24, 2.45) is 11.8 Å². The molecule has 0 aliphatic carbocycles. The molecule has 6 unspecified atom stereocenters. The van der Waals surface area contributed by atoms with Crippen LogP contribution in [0.25, 0.3) is 17.0 Å². The molecule has 0 spiro atoms. The molecule has 3 saturated heterocycles. The summed E-state index contributed by atoms with van der Waals surface area (Å²) < 4.78 is 57.0. The lowest BCUT2D eigenvalue weighted by Gasteiger charge is -2.51. The summed E-state index contributed by atoms with van der Waals surface area (Å²) in [5.41, 5.74) is 0.496. The number of β-amino-alcohol motifs (C(OH)–C–C–N with tert-alkyl or cyclic N) is 1. The van der Waals surface area contributed by atoms with E-state index in [2.05, 4.69) is 4.98 Å². The number of likely N-dealkylation sites (N-methyl/N-ethyl adjacent to an activating group) is 2. The third kappa shape index (κ3) is 17.5. The Morgan fingerprint density at radius 2 is 1.73 bits per heavy atom. The van der Waals surface area contributed by atoms with E-state index in [0.717, 1.165) is 22.8 Å². The normalized spacial score (nSPS) is 34.5. The van der Waals surface area contributed by atoms with Gasteiger partial charge in [-0.15, -0.1) is 0 Å². The minimum Gasteiger partial charge on any atom is -0.462 e. The molecule has 3 fully saturated rings. The molecule has 3 N–H and O–H groups in total. The summed E-state index contributed by atoms with van der Waals surface area (Å²) in [5.74, 6) is -2.83. The van der Waals surface area contributed by atoms with Crippen LogP contribution in [0.4, 0.5) is 0 Å². The van der Waals surface area contributed by atoms with Crippen molar-refractivity contribution in [3.8, 4) is 0 Å². The summed E-state index contributed by atoms with van der Waals surface area (Å²) in [5, 5.41) is 35.8. The minimum absolute atomic E-state index is 0.0227. The third-order valence-electron chi connectivity index (χ3n) is 14.7. The summed E-state index contributed by atoms with van der Waals surface area (Å²) in [6, 6.07) is 9.05. The van der Waals surface area contributed by atoms with Crippen molar-refractivity contribution < 1.29 is 77.1 Å². The Bertz CT molecular complexity index is 2130. The number of carbonyl (C=O) groups is 4. The second kappa shape index (κ2) is 29.7. The molecule has 17 atom stereocenters. The van der Waals surface area contributed by atoms with Crippen LogP contribution in [-0.2, 0) is 61.8 Å². The molecule has 1 aromatic carbocycles. The number of rotatable bonds is 19. The molecule has 0 radical (unpaired) electrons. The highest BCUT2D eigenvalue weighted by Crippen LogP contribution is 2.40. The van der Waals surface area contributed by atoms with Gasteiger partial charge in [0.1, 0.15) is 48.5 Å². The van der Waals surface area contributed by atoms with Crippen LogP contribution in [0.2, 0.25) is 0 Å². The van der Waals surface area contributed by atoms with Crippen molar-refractivity contribution in [2.45, 2.75) is 211 Å². The van der Waals surface area contributed by atoms with Crippen molar-refractivity contribution in [1.82, 2.24) is 14.8 Å². The standard InChI is InChI=1S/C56H87N3O16/c1-12-19-46(64)72-54-36(6)68-48(31-56(54,7)75-45(63)14-3)73-51-35(5)69-55(50(66)49(51)58(8)9)74-52-39(25-27-60)28-34(4)42(61)33-59(10)26-18-23-40(70-47(65)30-43(53(52)67-11)71-44(62)13-2)22-17-20-37-29-38-21-15-16-24-41(38)57-32-37/h15-17,20-21,24,27,29,32,34-36,39-40,42-43,46,48-55,61,64,66H,12-14,18-19,22-23,25-26,28,30-31,33H2,1-11H3/b20-17+/t34-,35?,36?,39+,40+,42+,43-,46?,48+,49?,50?,51-,52+,53+,54+,55+,56?/m1/s1. The van der Waals surface area contributed by atoms with Gasteiger partial charge in [0.25, 0.3) is 0 Å². The predicted molar refractivity (Wildman–Crippen MR) is 279 cm³/mol. The van der Waals surface area contributed by atoms with E-state index < -0.39 is 122 Å². The number of aliphatic hydroxyl groups excluding tert-OH is 3. The largest absolute Gasteiger partial charge is 0.462 e. The molecule has 19 nitrogen and oxygen atoms in total. The van der Waals surface area contributed by atoms with Crippen LogP contribution in [0.1, 0.15) is 125 Å². The first-order valence-corrected chi connectivity index (χ1v) is 27.0. The molecular formula is C56H87N3O16. The maximum Gasteiger partial charge on any atom is 0.309 e. The van der Waals surface area contributed by atoms with Crippen molar-refractivity contribution >= 4 is 41.2 Å². The molecule has 19 heteroatoms. The number of esters is 3. The van der Waals surface area contributed by atoms with Crippen LogP contribution < -0.4 is 0 Å². The lowest BCUT2D eigenvalue weighted by molar-refractivity contribution is -0.351. The number of aldehydes is 1. The van der Waals surface area contributed by atoms with Crippen LogP contribution >= 0.6 is 0 Å². The average molecular weight is 1060 g/mol. The number of cyclic esters (lactones) is 1. The average Bonchev–Trinajstić information content (AvgIpc) is 3.35. The molecule has 422 valence electrons. The molecule has 1 aromatic heterocycles. The van der Waals surface area contributed by atoms with Gasteiger partial charge in [-0.1, -0.05) is 64.5 Å². The number of aliphatic hydroxyl groups is 3. The molecule has 0 amide bonds. The van der Waals surface area contributed by atoms with E-state index >= 15 is 0 Å². The maximum atomic E-state index is 14.2. The number of hydrogen-bond donors (Lipinski definition) is 3. The van der Waals surface area contributed by atoms with Crippen molar-refractivity contribution in [3.63, 3.8) is 0 Å². The monoisotopic (exact) mass is 1060 g/mol. The molecule has 0 saturated carbocycles. The topological polar surface area (TPSA) is 231 Å². The predicted octanol–water partition coefficient (Wildman–Crippen LogP) is 5.75. The first-order valence-electron chi connectivity index (χ1n) is 27.0. The molecule has 5 rings (SSSR count). The first kappa shape index (κ1) is 61.9. The Kier molecular flexibility index (Phi) is 24.5. The first-order chi connectivity index (χ1) is 35.7. The van der Waals surface area contributed by atoms with Gasteiger partial charge >= 0.3 is 17.9 Å². The zero-order valence-electron chi connectivity index (χ0n) is 46.1. The van der Waals surface area contributed by atoms with Crippen LogP contribution in [0.5, 0.6) is 0 Å². The molecule has 75 heavy (non-hydrogen) atoms. The van der Waals surface area contributed by atoms with Gasteiger partial charge in [-0.25, -0.2) is 0 Å². The van der Waals surface area contributed by atoms with Crippen molar-refractivity contribution in [3.05, 3.63) is 48.2 Å². The Hall–Kier alpha value is -3.99. The fourth-order valence-electron chi connectivity index (χ4n) is 10.7. The Morgan fingerprint density at radius 1 is 1.00 bits per heavy atom. The van der Waals surface area contributed by atoms with Crippen molar-refractivity contribution in [2.75, 3.05) is 41.3 Å². The maximum absolute atomic E-state index is 14.2. The molecule has 2 aromatic rings. The summed E-state index contributed by atoms with van der Waals surface area (Å²) in [7, 11) is 6.85. The summed E-state index contributed by atoms with van der Waals surface area (Å²) in [6.45, 7) is 13.3.